The number of nitrogens with one attached hydrogen (secondary N) is 1. The summed E-state index contributed by atoms with van der Waals surface area (Å²) in [5, 5.41) is 11.2. The van der Waals surface area contributed by atoms with E-state index in [0.717, 1.165) is 0 Å². The molecule has 0 bridgehead atoms. The molecule has 0 atom stereocenters. The number of hydrogen-bond acceptors (Lipinski definition) is 3. The fourth-order valence-electron chi connectivity index (χ4n) is 1.11. The lowest BCUT2D eigenvalue weighted by molar-refractivity contribution is 0.104. The highest BCUT2D eigenvalue weighted by molar-refractivity contribution is 6.04. The first-order valence-corrected chi connectivity index (χ1v) is 4.62. The van der Waals surface area contributed by atoms with Gasteiger partial charge in [0.2, 0.25) is 0 Å². The van der Waals surface area contributed by atoms with Crippen molar-refractivity contribution in [1.82, 2.24) is 5.32 Å². The van der Waals surface area contributed by atoms with Crippen molar-refractivity contribution in [3.8, 4) is 6.07 Å². The first-order valence-electron chi connectivity index (χ1n) is 4.62. The molecular formula is C12H12N2O. The van der Waals surface area contributed by atoms with Gasteiger partial charge in [-0.3, -0.25) is 4.79 Å². The van der Waals surface area contributed by atoms with Gasteiger partial charge in [0.1, 0.15) is 6.54 Å². The molecule has 0 fully saturated rings. The van der Waals surface area contributed by atoms with Gasteiger partial charge < -0.3 is 5.32 Å². The highest BCUT2D eigenvalue weighted by atomic mass is 16.1. The minimum Gasteiger partial charge on any atom is -0.376 e. The number of nitriles is 1. The van der Waals surface area contributed by atoms with Crippen LogP contribution in [0.2, 0.25) is 0 Å². The van der Waals surface area contributed by atoms with Crippen LogP contribution in [0.15, 0.2) is 42.1 Å². The fourth-order valence-corrected chi connectivity index (χ4v) is 1.11. The fraction of sp³-hybridized carbons (Fsp3) is 0.167. The summed E-state index contributed by atoms with van der Waals surface area (Å²) in [5.41, 5.74) is 1.35. The summed E-state index contributed by atoms with van der Waals surface area (Å²) in [5.74, 6) is -0.0569. The van der Waals surface area contributed by atoms with Crippen LogP contribution >= 0.6 is 0 Å². The molecule has 0 spiro atoms. The zero-order valence-electron chi connectivity index (χ0n) is 8.53. The summed E-state index contributed by atoms with van der Waals surface area (Å²) >= 11 is 0. The lowest BCUT2D eigenvalue weighted by Gasteiger charge is -2.00. The van der Waals surface area contributed by atoms with Gasteiger partial charge in [0, 0.05) is 17.3 Å². The number of rotatable bonds is 4. The molecule has 0 aliphatic carbocycles. The van der Waals surface area contributed by atoms with E-state index in [9.17, 15) is 4.79 Å². The molecule has 15 heavy (non-hydrogen) atoms. The molecule has 1 rings (SSSR count). The third-order valence-corrected chi connectivity index (χ3v) is 1.85. The van der Waals surface area contributed by atoms with Crippen LogP contribution in [0.5, 0.6) is 0 Å². The second-order valence-corrected chi connectivity index (χ2v) is 3.07. The van der Waals surface area contributed by atoms with Gasteiger partial charge in [0.05, 0.1) is 6.07 Å². The molecule has 3 heteroatoms. The van der Waals surface area contributed by atoms with Crippen molar-refractivity contribution in [2.75, 3.05) is 6.54 Å². The summed E-state index contributed by atoms with van der Waals surface area (Å²) in [6.07, 6.45) is 1.49. The summed E-state index contributed by atoms with van der Waals surface area (Å²) in [7, 11) is 0. The van der Waals surface area contributed by atoms with Crippen LogP contribution in [0.4, 0.5) is 0 Å². The van der Waals surface area contributed by atoms with Crippen LogP contribution in [0.1, 0.15) is 17.3 Å². The lowest BCUT2D eigenvalue weighted by Crippen LogP contribution is -2.12. The maximum absolute atomic E-state index is 11.6. The van der Waals surface area contributed by atoms with Gasteiger partial charge in [-0.15, -0.1) is 0 Å². The minimum absolute atomic E-state index is 0.0569. The van der Waals surface area contributed by atoms with Crippen molar-refractivity contribution in [1.29, 1.82) is 5.26 Å². The number of carbonyl (C=O) groups is 1. The Kier molecular flexibility index (Phi) is 4.11. The van der Waals surface area contributed by atoms with Crippen LogP contribution in [0, 0.1) is 11.3 Å². The molecule has 0 saturated carbocycles. The average Bonchev–Trinajstić information content (AvgIpc) is 2.27. The number of hydrogen-bond donors (Lipinski definition) is 1. The Balaban J connectivity index is 2.67. The van der Waals surface area contributed by atoms with E-state index in [4.69, 9.17) is 5.26 Å². The van der Waals surface area contributed by atoms with Crippen LogP contribution in [-0.2, 0) is 0 Å². The smallest absolute Gasteiger partial charge is 0.187 e. The Morgan fingerprint density at radius 3 is 2.73 bits per heavy atom. The molecule has 0 amide bonds. The summed E-state index contributed by atoms with van der Waals surface area (Å²) in [6, 6.07) is 11.0. The number of benzene rings is 1. The van der Waals surface area contributed by atoms with Gasteiger partial charge in [0.15, 0.2) is 5.78 Å². The topological polar surface area (TPSA) is 52.9 Å². The van der Waals surface area contributed by atoms with E-state index in [0.29, 0.717) is 11.3 Å². The van der Waals surface area contributed by atoms with Crippen LogP contribution in [0.3, 0.4) is 0 Å². The summed E-state index contributed by atoms with van der Waals surface area (Å²) in [4.78, 5) is 11.6. The molecule has 3 nitrogen and oxygen atoms in total. The van der Waals surface area contributed by atoms with Gasteiger partial charge in [-0.2, -0.15) is 5.26 Å². The van der Waals surface area contributed by atoms with Crippen molar-refractivity contribution in [2.45, 2.75) is 6.92 Å². The number of ketones is 1. The summed E-state index contributed by atoms with van der Waals surface area (Å²) < 4.78 is 0. The van der Waals surface area contributed by atoms with Crippen molar-refractivity contribution in [2.24, 2.45) is 0 Å². The third-order valence-electron chi connectivity index (χ3n) is 1.85. The van der Waals surface area contributed by atoms with E-state index in [-0.39, 0.29) is 12.3 Å². The zero-order valence-corrected chi connectivity index (χ0v) is 8.53. The van der Waals surface area contributed by atoms with E-state index in [2.05, 4.69) is 5.32 Å². The molecule has 0 radical (unpaired) electrons. The Morgan fingerprint density at radius 1 is 1.47 bits per heavy atom. The largest absolute Gasteiger partial charge is 0.376 e. The molecule has 0 saturated heterocycles. The van der Waals surface area contributed by atoms with Gasteiger partial charge in [-0.05, 0) is 6.92 Å². The molecule has 0 heterocycles. The Labute approximate surface area is 89.0 Å². The standard InChI is InChI=1S/C12H12N2O/c1-10(14-8-7-13)9-12(15)11-5-3-2-4-6-11/h2-6,9,14H,8H2,1H3. The first kappa shape index (κ1) is 11.0. The van der Waals surface area contributed by atoms with E-state index in [1.54, 1.807) is 19.1 Å². The molecule has 0 aliphatic heterocycles. The van der Waals surface area contributed by atoms with E-state index >= 15 is 0 Å². The number of carbonyl (C=O) groups excluding carboxylic acids is 1. The monoisotopic (exact) mass is 200 g/mol. The zero-order chi connectivity index (χ0) is 11.1. The molecule has 76 valence electrons. The number of allylic oxidation sites excluding steroid dienone is 2. The Bertz CT molecular complexity index is 401. The van der Waals surface area contributed by atoms with Crippen molar-refractivity contribution in [3.63, 3.8) is 0 Å². The van der Waals surface area contributed by atoms with Crippen LogP contribution in [-0.4, -0.2) is 12.3 Å². The quantitative estimate of drug-likeness (QED) is 0.458. The molecule has 1 aromatic rings. The maximum atomic E-state index is 11.6. The maximum Gasteiger partial charge on any atom is 0.187 e. The molecule has 0 unspecified atom stereocenters. The Morgan fingerprint density at radius 2 is 2.13 bits per heavy atom. The minimum atomic E-state index is -0.0569. The lowest BCUT2D eigenvalue weighted by atomic mass is 10.1. The summed E-state index contributed by atoms with van der Waals surface area (Å²) in [6.45, 7) is 1.97. The molecule has 1 N–H and O–H groups in total. The third kappa shape index (κ3) is 3.65. The molecule has 1 aromatic carbocycles. The molecule has 0 aliphatic rings. The van der Waals surface area contributed by atoms with Gasteiger partial charge in [-0.1, -0.05) is 30.3 Å². The Hall–Kier alpha value is -2.08. The normalized spacial score (nSPS) is 10.5. The van der Waals surface area contributed by atoms with Crippen LogP contribution < -0.4 is 5.32 Å². The van der Waals surface area contributed by atoms with Gasteiger partial charge in [-0.25, -0.2) is 0 Å². The van der Waals surface area contributed by atoms with Crippen molar-refractivity contribution in [3.05, 3.63) is 47.7 Å². The van der Waals surface area contributed by atoms with E-state index in [1.807, 2.05) is 24.3 Å². The SMILES string of the molecule is CC(=CC(=O)c1ccccc1)NCC#N. The van der Waals surface area contributed by atoms with Gasteiger partial charge >= 0.3 is 0 Å². The predicted octanol–water partition coefficient (Wildman–Crippen LogP) is 1.89. The van der Waals surface area contributed by atoms with Crippen molar-refractivity contribution >= 4 is 5.78 Å². The molecular weight excluding hydrogens is 188 g/mol. The second-order valence-electron chi connectivity index (χ2n) is 3.07. The second kappa shape index (κ2) is 5.61. The number of nitrogens with zero attached hydrogens (tertiary/aromatic N) is 1. The highest BCUT2D eigenvalue weighted by Crippen LogP contribution is 2.02. The van der Waals surface area contributed by atoms with E-state index < -0.39 is 0 Å². The average molecular weight is 200 g/mol. The van der Waals surface area contributed by atoms with Gasteiger partial charge in [0.25, 0.3) is 0 Å². The predicted molar refractivity (Wildman–Crippen MR) is 58.1 cm³/mol. The van der Waals surface area contributed by atoms with Crippen LogP contribution in [0.25, 0.3) is 0 Å². The molecule has 0 aromatic heterocycles. The van der Waals surface area contributed by atoms with Crippen molar-refractivity contribution < 1.29 is 4.79 Å². The highest BCUT2D eigenvalue weighted by Gasteiger charge is 2.00. The first-order chi connectivity index (χ1) is 7.24. The van der Waals surface area contributed by atoms with E-state index in [1.165, 1.54) is 6.08 Å².